The third-order valence-electron chi connectivity index (χ3n) is 4.41. The molecule has 4 heteroatoms. The fourth-order valence-electron chi connectivity index (χ4n) is 3.04. The first-order chi connectivity index (χ1) is 10.1. The SMILES string of the molecule is CC1(CNC(=O)N[C@H](CCO)c2ccccc2)CCCC1. The zero-order chi connectivity index (χ0) is 15.1. The van der Waals surface area contributed by atoms with Crippen molar-refractivity contribution in [2.75, 3.05) is 13.2 Å². The number of rotatable bonds is 6. The summed E-state index contributed by atoms with van der Waals surface area (Å²) in [4.78, 5) is 12.1. The van der Waals surface area contributed by atoms with E-state index in [1.807, 2.05) is 30.3 Å². The zero-order valence-electron chi connectivity index (χ0n) is 12.8. The molecule has 116 valence electrons. The Morgan fingerprint density at radius 1 is 1.29 bits per heavy atom. The minimum Gasteiger partial charge on any atom is -0.396 e. The predicted octanol–water partition coefficient (Wildman–Crippen LogP) is 2.99. The minimum atomic E-state index is -0.148. The van der Waals surface area contributed by atoms with E-state index in [2.05, 4.69) is 17.6 Å². The second-order valence-electron chi connectivity index (χ2n) is 6.32. The van der Waals surface area contributed by atoms with Crippen molar-refractivity contribution in [1.82, 2.24) is 10.6 Å². The quantitative estimate of drug-likeness (QED) is 0.754. The number of carbonyl (C=O) groups excluding carboxylic acids is 1. The van der Waals surface area contributed by atoms with Gasteiger partial charge in [-0.2, -0.15) is 0 Å². The Labute approximate surface area is 126 Å². The van der Waals surface area contributed by atoms with Gasteiger partial charge in [-0.1, -0.05) is 50.1 Å². The molecule has 1 aromatic carbocycles. The highest BCUT2D eigenvalue weighted by atomic mass is 16.3. The molecule has 1 atom stereocenters. The van der Waals surface area contributed by atoms with Crippen molar-refractivity contribution in [2.45, 2.75) is 45.1 Å². The summed E-state index contributed by atoms with van der Waals surface area (Å²) in [6.07, 6.45) is 5.42. The molecule has 0 aliphatic heterocycles. The standard InChI is InChI=1S/C17H26N2O2/c1-17(10-5-6-11-17)13-18-16(21)19-15(9-12-20)14-7-3-2-4-8-14/h2-4,7-8,15,20H,5-6,9-13H2,1H3,(H2,18,19,21)/t15-/m1/s1. The molecule has 1 aromatic rings. The number of aliphatic hydroxyl groups excluding tert-OH is 1. The van der Waals surface area contributed by atoms with Crippen LogP contribution < -0.4 is 10.6 Å². The summed E-state index contributed by atoms with van der Waals surface area (Å²) >= 11 is 0. The van der Waals surface area contributed by atoms with Crippen LogP contribution >= 0.6 is 0 Å². The van der Waals surface area contributed by atoms with Crippen LogP contribution in [0.4, 0.5) is 4.79 Å². The number of hydrogen-bond acceptors (Lipinski definition) is 2. The Kier molecular flexibility index (Phi) is 5.62. The molecule has 1 fully saturated rings. The van der Waals surface area contributed by atoms with Gasteiger partial charge in [-0.25, -0.2) is 4.79 Å². The van der Waals surface area contributed by atoms with Crippen LogP contribution in [0.2, 0.25) is 0 Å². The average molecular weight is 290 g/mol. The van der Waals surface area contributed by atoms with E-state index >= 15 is 0 Å². The molecule has 1 saturated carbocycles. The normalized spacial score (nSPS) is 18.2. The lowest BCUT2D eigenvalue weighted by atomic mass is 9.89. The van der Waals surface area contributed by atoms with Crippen LogP contribution in [0.25, 0.3) is 0 Å². The lowest BCUT2D eigenvalue weighted by Gasteiger charge is -2.25. The Morgan fingerprint density at radius 3 is 2.57 bits per heavy atom. The van der Waals surface area contributed by atoms with Crippen molar-refractivity contribution < 1.29 is 9.90 Å². The zero-order valence-corrected chi connectivity index (χ0v) is 12.8. The van der Waals surface area contributed by atoms with Gasteiger partial charge < -0.3 is 15.7 Å². The second kappa shape index (κ2) is 7.46. The van der Waals surface area contributed by atoms with E-state index in [1.54, 1.807) is 0 Å². The second-order valence-corrected chi connectivity index (χ2v) is 6.32. The number of carbonyl (C=O) groups is 1. The van der Waals surface area contributed by atoms with Crippen molar-refractivity contribution in [3.8, 4) is 0 Å². The molecular formula is C17H26N2O2. The monoisotopic (exact) mass is 290 g/mol. The molecule has 1 aliphatic carbocycles. The topological polar surface area (TPSA) is 61.4 Å². The molecule has 2 rings (SSSR count). The van der Waals surface area contributed by atoms with Crippen molar-refractivity contribution in [2.24, 2.45) is 5.41 Å². The van der Waals surface area contributed by atoms with Gasteiger partial charge in [0, 0.05) is 13.2 Å². The first-order valence-corrected chi connectivity index (χ1v) is 7.83. The molecule has 0 unspecified atom stereocenters. The van der Waals surface area contributed by atoms with Crippen molar-refractivity contribution in [1.29, 1.82) is 0 Å². The van der Waals surface area contributed by atoms with Crippen LogP contribution in [0.5, 0.6) is 0 Å². The third kappa shape index (κ3) is 4.74. The third-order valence-corrected chi connectivity index (χ3v) is 4.41. The molecule has 0 saturated heterocycles. The van der Waals surface area contributed by atoms with Gasteiger partial charge in [0.15, 0.2) is 0 Å². The summed E-state index contributed by atoms with van der Waals surface area (Å²) in [5, 5.41) is 15.1. The number of benzene rings is 1. The highest BCUT2D eigenvalue weighted by molar-refractivity contribution is 5.74. The van der Waals surface area contributed by atoms with Crippen LogP contribution in [-0.2, 0) is 0 Å². The lowest BCUT2D eigenvalue weighted by Crippen LogP contribution is -2.42. The van der Waals surface area contributed by atoms with E-state index in [0.29, 0.717) is 6.42 Å². The maximum atomic E-state index is 12.1. The van der Waals surface area contributed by atoms with Gasteiger partial charge in [0.2, 0.25) is 0 Å². The van der Waals surface area contributed by atoms with E-state index in [-0.39, 0.29) is 24.1 Å². The number of amides is 2. The molecule has 0 bridgehead atoms. The van der Waals surface area contributed by atoms with Crippen molar-refractivity contribution in [3.05, 3.63) is 35.9 Å². The molecule has 0 aromatic heterocycles. The van der Waals surface area contributed by atoms with Gasteiger partial charge in [-0.3, -0.25) is 0 Å². The predicted molar refractivity (Wildman–Crippen MR) is 84.0 cm³/mol. The van der Waals surface area contributed by atoms with E-state index < -0.39 is 0 Å². The smallest absolute Gasteiger partial charge is 0.315 e. The van der Waals surface area contributed by atoms with Crippen LogP contribution in [0, 0.1) is 5.41 Å². The van der Waals surface area contributed by atoms with Crippen LogP contribution in [0.3, 0.4) is 0 Å². The number of hydrogen-bond donors (Lipinski definition) is 3. The summed E-state index contributed by atoms with van der Waals surface area (Å²) in [7, 11) is 0. The molecule has 1 aliphatic rings. The van der Waals surface area contributed by atoms with Gasteiger partial charge in [0.1, 0.15) is 0 Å². The Hall–Kier alpha value is -1.55. The van der Waals surface area contributed by atoms with Gasteiger partial charge in [-0.05, 0) is 30.2 Å². The molecule has 0 heterocycles. The van der Waals surface area contributed by atoms with Crippen LogP contribution in [0.15, 0.2) is 30.3 Å². The molecule has 0 spiro atoms. The maximum absolute atomic E-state index is 12.1. The fourth-order valence-corrected chi connectivity index (χ4v) is 3.04. The van der Waals surface area contributed by atoms with E-state index in [1.165, 1.54) is 25.7 Å². The summed E-state index contributed by atoms with van der Waals surface area (Å²) in [5.74, 6) is 0. The molecular weight excluding hydrogens is 264 g/mol. The number of aliphatic hydroxyl groups is 1. The number of nitrogens with one attached hydrogen (secondary N) is 2. The first-order valence-electron chi connectivity index (χ1n) is 7.83. The molecule has 21 heavy (non-hydrogen) atoms. The summed E-state index contributed by atoms with van der Waals surface area (Å²) < 4.78 is 0. The minimum absolute atomic E-state index is 0.0531. The Bertz CT molecular complexity index is 441. The highest BCUT2D eigenvalue weighted by Crippen LogP contribution is 2.36. The van der Waals surface area contributed by atoms with Gasteiger partial charge in [-0.15, -0.1) is 0 Å². The van der Waals surface area contributed by atoms with Crippen LogP contribution in [0.1, 0.15) is 50.6 Å². The summed E-state index contributed by atoms with van der Waals surface area (Å²) in [6.45, 7) is 3.01. The largest absolute Gasteiger partial charge is 0.396 e. The maximum Gasteiger partial charge on any atom is 0.315 e. The molecule has 2 amide bonds. The number of urea groups is 1. The van der Waals surface area contributed by atoms with Crippen LogP contribution in [-0.4, -0.2) is 24.3 Å². The molecule has 3 N–H and O–H groups in total. The van der Waals surface area contributed by atoms with E-state index in [0.717, 1.165) is 12.1 Å². The Morgan fingerprint density at radius 2 is 1.95 bits per heavy atom. The van der Waals surface area contributed by atoms with E-state index in [9.17, 15) is 9.90 Å². The van der Waals surface area contributed by atoms with E-state index in [4.69, 9.17) is 0 Å². The lowest BCUT2D eigenvalue weighted by molar-refractivity contribution is 0.221. The highest BCUT2D eigenvalue weighted by Gasteiger charge is 2.29. The van der Waals surface area contributed by atoms with Crippen molar-refractivity contribution >= 4 is 6.03 Å². The van der Waals surface area contributed by atoms with Gasteiger partial charge in [0.05, 0.1) is 6.04 Å². The average Bonchev–Trinajstić information content (AvgIpc) is 2.93. The first kappa shape index (κ1) is 15.8. The Balaban J connectivity index is 1.86. The fraction of sp³-hybridized carbons (Fsp3) is 0.588. The molecule has 0 radical (unpaired) electrons. The van der Waals surface area contributed by atoms with Gasteiger partial charge in [0.25, 0.3) is 0 Å². The summed E-state index contributed by atoms with van der Waals surface area (Å²) in [6, 6.07) is 9.48. The van der Waals surface area contributed by atoms with Crippen molar-refractivity contribution in [3.63, 3.8) is 0 Å². The molecule has 4 nitrogen and oxygen atoms in total. The van der Waals surface area contributed by atoms with Gasteiger partial charge >= 0.3 is 6.03 Å². The summed E-state index contributed by atoms with van der Waals surface area (Å²) in [5.41, 5.74) is 1.27.